The van der Waals surface area contributed by atoms with Crippen molar-refractivity contribution in [3.8, 4) is 0 Å². The Morgan fingerprint density at radius 2 is 2.26 bits per heavy atom. The largest absolute Gasteiger partial charge is 0.385 e. The molecule has 0 radical (unpaired) electrons. The molecule has 19 heavy (non-hydrogen) atoms. The molecule has 0 aromatic rings. The van der Waals surface area contributed by atoms with Crippen LogP contribution in [0.25, 0.3) is 0 Å². The van der Waals surface area contributed by atoms with Crippen LogP contribution in [0.4, 0.5) is 0 Å². The lowest BCUT2D eigenvalue weighted by Crippen LogP contribution is -2.44. The minimum Gasteiger partial charge on any atom is -0.385 e. The number of nitrogens with zero attached hydrogens (tertiary/aromatic N) is 2. The van der Waals surface area contributed by atoms with E-state index < -0.39 is 0 Å². The monoisotopic (exact) mass is 270 g/mol. The summed E-state index contributed by atoms with van der Waals surface area (Å²) in [7, 11) is 3.56. The van der Waals surface area contributed by atoms with Crippen LogP contribution in [0.3, 0.4) is 0 Å². The van der Waals surface area contributed by atoms with E-state index in [0.29, 0.717) is 0 Å². The van der Waals surface area contributed by atoms with E-state index in [1.807, 2.05) is 7.05 Å². The molecule has 0 aliphatic carbocycles. The molecule has 0 saturated carbocycles. The summed E-state index contributed by atoms with van der Waals surface area (Å²) >= 11 is 0. The van der Waals surface area contributed by atoms with Gasteiger partial charge in [-0.3, -0.25) is 4.99 Å². The quantitative estimate of drug-likeness (QED) is 0.410. The van der Waals surface area contributed by atoms with E-state index in [-0.39, 0.29) is 0 Å². The molecular formula is C14H30N4O. The summed E-state index contributed by atoms with van der Waals surface area (Å²) in [6, 6.07) is 0. The molecule has 1 unspecified atom stereocenters. The maximum atomic E-state index is 5.03. The zero-order valence-corrected chi connectivity index (χ0v) is 12.7. The highest BCUT2D eigenvalue weighted by Gasteiger charge is 2.18. The van der Waals surface area contributed by atoms with Gasteiger partial charge in [-0.1, -0.05) is 6.92 Å². The minimum atomic E-state index is 0.742. The van der Waals surface area contributed by atoms with Gasteiger partial charge in [0.25, 0.3) is 0 Å². The minimum absolute atomic E-state index is 0.742. The molecule has 0 bridgehead atoms. The van der Waals surface area contributed by atoms with Gasteiger partial charge < -0.3 is 20.3 Å². The standard InChI is InChI=1S/C14H30N4O/c1-4-18-9-5-7-13(12-18)11-17-14(15-2)16-8-6-10-19-3/h13H,4-12H2,1-3H3,(H2,15,16,17). The Hall–Kier alpha value is -0.810. The van der Waals surface area contributed by atoms with Crippen LogP contribution in [0.1, 0.15) is 26.2 Å². The molecular weight excluding hydrogens is 240 g/mol. The lowest BCUT2D eigenvalue weighted by atomic mass is 9.98. The Bertz CT molecular complexity index is 258. The Labute approximate surface area is 117 Å². The first kappa shape index (κ1) is 16.2. The molecule has 0 amide bonds. The van der Waals surface area contributed by atoms with Crippen LogP contribution >= 0.6 is 0 Å². The molecule has 1 atom stereocenters. The van der Waals surface area contributed by atoms with Gasteiger partial charge in [-0.25, -0.2) is 0 Å². The Morgan fingerprint density at radius 1 is 1.42 bits per heavy atom. The average Bonchev–Trinajstić information content (AvgIpc) is 2.47. The molecule has 1 rings (SSSR count). The van der Waals surface area contributed by atoms with E-state index >= 15 is 0 Å². The van der Waals surface area contributed by atoms with E-state index in [1.54, 1.807) is 7.11 Å². The fraction of sp³-hybridized carbons (Fsp3) is 0.929. The number of likely N-dealkylation sites (tertiary alicyclic amines) is 1. The predicted octanol–water partition coefficient (Wildman–Crippen LogP) is 0.920. The lowest BCUT2D eigenvalue weighted by molar-refractivity contribution is 0.183. The highest BCUT2D eigenvalue weighted by molar-refractivity contribution is 5.79. The van der Waals surface area contributed by atoms with Gasteiger partial charge in [0, 0.05) is 40.4 Å². The van der Waals surface area contributed by atoms with Crippen molar-refractivity contribution in [1.29, 1.82) is 0 Å². The summed E-state index contributed by atoms with van der Waals surface area (Å²) in [6.07, 6.45) is 3.65. The van der Waals surface area contributed by atoms with Gasteiger partial charge in [0.15, 0.2) is 5.96 Å². The second kappa shape index (κ2) is 10.0. The fourth-order valence-electron chi connectivity index (χ4n) is 2.49. The fourth-order valence-corrected chi connectivity index (χ4v) is 2.49. The average molecular weight is 270 g/mol. The third kappa shape index (κ3) is 6.78. The molecule has 5 heteroatoms. The summed E-state index contributed by atoms with van der Waals surface area (Å²) in [5.41, 5.74) is 0. The summed E-state index contributed by atoms with van der Waals surface area (Å²) in [5, 5.41) is 6.75. The van der Waals surface area contributed by atoms with Crippen molar-refractivity contribution in [3.63, 3.8) is 0 Å². The van der Waals surface area contributed by atoms with E-state index in [4.69, 9.17) is 4.74 Å². The molecule has 5 nitrogen and oxygen atoms in total. The van der Waals surface area contributed by atoms with E-state index in [2.05, 4.69) is 27.4 Å². The molecule has 0 aromatic carbocycles. The summed E-state index contributed by atoms with van der Waals surface area (Å²) in [5.74, 6) is 1.65. The Balaban J connectivity index is 2.17. The topological polar surface area (TPSA) is 48.9 Å². The number of methoxy groups -OCH3 is 1. The molecule has 0 aromatic heterocycles. The maximum absolute atomic E-state index is 5.03. The van der Waals surface area contributed by atoms with Crippen LogP contribution in [-0.4, -0.2) is 64.3 Å². The Morgan fingerprint density at radius 3 is 2.95 bits per heavy atom. The highest BCUT2D eigenvalue weighted by Crippen LogP contribution is 2.14. The van der Waals surface area contributed by atoms with Gasteiger partial charge in [0.05, 0.1) is 0 Å². The van der Waals surface area contributed by atoms with E-state index in [9.17, 15) is 0 Å². The number of hydrogen-bond donors (Lipinski definition) is 2. The molecule has 1 aliphatic rings. The molecule has 2 N–H and O–H groups in total. The van der Waals surface area contributed by atoms with Crippen LogP contribution in [0.2, 0.25) is 0 Å². The van der Waals surface area contributed by atoms with Crippen LogP contribution in [0.5, 0.6) is 0 Å². The van der Waals surface area contributed by atoms with E-state index in [0.717, 1.165) is 38.0 Å². The SMILES string of the molecule is CCN1CCCC(CNC(=NC)NCCCOC)C1. The summed E-state index contributed by atoms with van der Waals surface area (Å²) in [4.78, 5) is 6.78. The molecule has 112 valence electrons. The van der Waals surface area contributed by atoms with Crippen molar-refractivity contribution in [2.24, 2.45) is 10.9 Å². The number of aliphatic imine (C=N–C) groups is 1. The van der Waals surface area contributed by atoms with Gasteiger partial charge in [-0.2, -0.15) is 0 Å². The van der Waals surface area contributed by atoms with Crippen LogP contribution < -0.4 is 10.6 Å². The zero-order chi connectivity index (χ0) is 13.9. The van der Waals surface area contributed by atoms with Gasteiger partial charge in [0.2, 0.25) is 0 Å². The molecule has 0 spiro atoms. The normalized spacial score (nSPS) is 21.4. The third-order valence-electron chi connectivity index (χ3n) is 3.65. The van der Waals surface area contributed by atoms with Crippen molar-refractivity contribution in [2.45, 2.75) is 26.2 Å². The Kier molecular flexibility index (Phi) is 8.58. The number of piperidine rings is 1. The van der Waals surface area contributed by atoms with Crippen LogP contribution in [-0.2, 0) is 4.74 Å². The first-order valence-corrected chi connectivity index (χ1v) is 7.46. The third-order valence-corrected chi connectivity index (χ3v) is 3.65. The maximum Gasteiger partial charge on any atom is 0.190 e. The lowest BCUT2D eigenvalue weighted by Gasteiger charge is -2.32. The van der Waals surface area contributed by atoms with Crippen molar-refractivity contribution < 1.29 is 4.74 Å². The van der Waals surface area contributed by atoms with Crippen molar-refractivity contribution in [2.75, 3.05) is 53.5 Å². The number of rotatable bonds is 7. The number of hydrogen-bond acceptors (Lipinski definition) is 3. The molecule has 1 heterocycles. The van der Waals surface area contributed by atoms with Gasteiger partial charge in [0.1, 0.15) is 0 Å². The van der Waals surface area contributed by atoms with Crippen molar-refractivity contribution in [3.05, 3.63) is 0 Å². The number of nitrogens with one attached hydrogen (secondary N) is 2. The van der Waals surface area contributed by atoms with Gasteiger partial charge >= 0.3 is 0 Å². The smallest absolute Gasteiger partial charge is 0.190 e. The molecule has 1 aliphatic heterocycles. The van der Waals surface area contributed by atoms with Crippen LogP contribution in [0.15, 0.2) is 4.99 Å². The predicted molar refractivity (Wildman–Crippen MR) is 80.7 cm³/mol. The van der Waals surface area contributed by atoms with Crippen LogP contribution in [0, 0.1) is 5.92 Å². The summed E-state index contributed by atoms with van der Waals surface area (Å²) < 4.78 is 5.03. The number of guanidine groups is 1. The second-order valence-electron chi connectivity index (χ2n) is 5.13. The molecule has 1 saturated heterocycles. The highest BCUT2D eigenvalue weighted by atomic mass is 16.5. The second-order valence-corrected chi connectivity index (χ2v) is 5.13. The van der Waals surface area contributed by atoms with E-state index in [1.165, 1.54) is 32.5 Å². The van der Waals surface area contributed by atoms with Gasteiger partial charge in [-0.05, 0) is 38.3 Å². The zero-order valence-electron chi connectivity index (χ0n) is 12.7. The summed E-state index contributed by atoms with van der Waals surface area (Å²) in [6.45, 7) is 8.59. The van der Waals surface area contributed by atoms with Gasteiger partial charge in [-0.15, -0.1) is 0 Å². The van der Waals surface area contributed by atoms with Crippen molar-refractivity contribution >= 4 is 5.96 Å². The molecule has 1 fully saturated rings. The van der Waals surface area contributed by atoms with Crippen molar-refractivity contribution in [1.82, 2.24) is 15.5 Å². The number of ether oxygens (including phenoxy) is 1. The first-order chi connectivity index (χ1) is 9.30. The first-order valence-electron chi connectivity index (χ1n) is 7.46.